The lowest BCUT2D eigenvalue weighted by Gasteiger charge is -2.04. The van der Waals surface area contributed by atoms with E-state index >= 15 is 0 Å². The van der Waals surface area contributed by atoms with Crippen molar-refractivity contribution in [3.8, 4) is 17.2 Å². The Morgan fingerprint density at radius 2 is 1.93 bits per heavy atom. The number of benzene rings is 1. The van der Waals surface area contributed by atoms with Crippen LogP contribution in [0.25, 0.3) is 11.1 Å². The molecule has 0 fully saturated rings. The van der Waals surface area contributed by atoms with E-state index in [1.807, 2.05) is 43.3 Å². The fourth-order valence-electron chi connectivity index (χ4n) is 1.50. The smallest absolute Gasteiger partial charge is 0.101 e. The van der Waals surface area contributed by atoms with Crippen molar-refractivity contribution in [1.29, 1.82) is 5.26 Å². The first-order valence-corrected chi connectivity index (χ1v) is 4.73. The Kier molecular flexibility index (Phi) is 2.47. The van der Waals surface area contributed by atoms with Gasteiger partial charge in [0.2, 0.25) is 0 Å². The lowest BCUT2D eigenvalue weighted by Crippen LogP contribution is -1.89. The molecule has 1 aromatic heterocycles. The van der Waals surface area contributed by atoms with Crippen LogP contribution in [0.3, 0.4) is 0 Å². The Balaban J connectivity index is 2.58. The molecule has 72 valence electrons. The third-order valence-corrected chi connectivity index (χ3v) is 2.30. The zero-order valence-corrected chi connectivity index (χ0v) is 8.44. The first-order chi connectivity index (χ1) is 7.31. The average molecular weight is 194 g/mol. The Hall–Kier alpha value is -2.14. The van der Waals surface area contributed by atoms with Crippen LogP contribution in [0.5, 0.6) is 0 Å². The number of hydrogen-bond donors (Lipinski definition) is 0. The van der Waals surface area contributed by atoms with Gasteiger partial charge >= 0.3 is 0 Å². The third kappa shape index (κ3) is 1.87. The molecule has 0 aliphatic heterocycles. The summed E-state index contributed by atoms with van der Waals surface area (Å²) in [6, 6.07) is 13.9. The van der Waals surface area contributed by atoms with Gasteiger partial charge in [0.1, 0.15) is 6.07 Å². The van der Waals surface area contributed by atoms with Crippen LogP contribution in [-0.4, -0.2) is 4.98 Å². The highest BCUT2D eigenvalue weighted by Crippen LogP contribution is 2.22. The summed E-state index contributed by atoms with van der Waals surface area (Å²) in [5, 5.41) is 8.81. The number of pyridine rings is 1. The van der Waals surface area contributed by atoms with Crippen molar-refractivity contribution < 1.29 is 0 Å². The van der Waals surface area contributed by atoms with E-state index in [-0.39, 0.29) is 0 Å². The van der Waals surface area contributed by atoms with Crippen LogP contribution in [-0.2, 0) is 0 Å². The highest BCUT2D eigenvalue weighted by atomic mass is 14.7. The van der Waals surface area contributed by atoms with Crippen LogP contribution in [0.1, 0.15) is 11.3 Å². The predicted octanol–water partition coefficient (Wildman–Crippen LogP) is 2.93. The molecule has 2 aromatic rings. The van der Waals surface area contributed by atoms with Crippen molar-refractivity contribution in [2.45, 2.75) is 6.92 Å². The summed E-state index contributed by atoms with van der Waals surface area (Å²) >= 11 is 0. The molecule has 0 N–H and O–H groups in total. The van der Waals surface area contributed by atoms with Crippen molar-refractivity contribution in [3.63, 3.8) is 0 Å². The molecule has 0 amide bonds. The molecule has 2 heteroatoms. The molecule has 0 aliphatic carbocycles. The molecule has 15 heavy (non-hydrogen) atoms. The lowest BCUT2D eigenvalue weighted by atomic mass is 10.0. The van der Waals surface area contributed by atoms with E-state index in [4.69, 9.17) is 5.26 Å². The molecule has 0 saturated heterocycles. The maximum absolute atomic E-state index is 8.81. The normalized spacial score (nSPS) is 9.60. The van der Waals surface area contributed by atoms with E-state index in [0.717, 1.165) is 16.8 Å². The Labute approximate surface area is 88.8 Å². The van der Waals surface area contributed by atoms with E-state index in [1.54, 1.807) is 6.20 Å². The summed E-state index contributed by atoms with van der Waals surface area (Å²) in [7, 11) is 0. The number of aromatic nitrogens is 1. The van der Waals surface area contributed by atoms with Gasteiger partial charge in [-0.05, 0) is 18.6 Å². The third-order valence-electron chi connectivity index (χ3n) is 2.30. The molecule has 0 atom stereocenters. The number of nitrogens with zero attached hydrogens (tertiary/aromatic N) is 2. The molecule has 0 radical (unpaired) electrons. The second kappa shape index (κ2) is 3.93. The summed E-state index contributed by atoms with van der Waals surface area (Å²) in [6.07, 6.45) is 1.60. The topological polar surface area (TPSA) is 36.7 Å². The largest absolute Gasteiger partial charge is 0.260 e. The Morgan fingerprint density at radius 1 is 1.20 bits per heavy atom. The van der Waals surface area contributed by atoms with Crippen molar-refractivity contribution in [3.05, 3.63) is 53.9 Å². The summed E-state index contributed by atoms with van der Waals surface area (Å²) < 4.78 is 0. The van der Waals surface area contributed by atoms with Gasteiger partial charge in [-0.2, -0.15) is 5.26 Å². The van der Waals surface area contributed by atoms with Crippen molar-refractivity contribution in [2.75, 3.05) is 0 Å². The summed E-state index contributed by atoms with van der Waals surface area (Å²) in [5.41, 5.74) is 3.66. The number of aryl methyl sites for hydroxylation is 1. The highest BCUT2D eigenvalue weighted by molar-refractivity contribution is 5.66. The van der Waals surface area contributed by atoms with Gasteiger partial charge in [-0.25, -0.2) is 0 Å². The first-order valence-electron chi connectivity index (χ1n) is 4.73. The summed E-state index contributed by atoms with van der Waals surface area (Å²) in [6.45, 7) is 1.95. The van der Waals surface area contributed by atoms with Gasteiger partial charge in [-0.3, -0.25) is 4.98 Å². The molecular weight excluding hydrogens is 184 g/mol. The van der Waals surface area contributed by atoms with Gasteiger partial charge in [-0.1, -0.05) is 30.3 Å². The van der Waals surface area contributed by atoms with Crippen LogP contribution in [0.4, 0.5) is 0 Å². The molecule has 0 aliphatic rings. The zero-order chi connectivity index (χ0) is 10.7. The van der Waals surface area contributed by atoms with Gasteiger partial charge < -0.3 is 0 Å². The fraction of sp³-hybridized carbons (Fsp3) is 0.0769. The van der Waals surface area contributed by atoms with Crippen molar-refractivity contribution in [2.24, 2.45) is 0 Å². The van der Waals surface area contributed by atoms with Gasteiger partial charge in [-0.15, -0.1) is 0 Å². The second-order valence-electron chi connectivity index (χ2n) is 3.33. The monoisotopic (exact) mass is 194 g/mol. The minimum Gasteiger partial charge on any atom is -0.260 e. The molecule has 1 heterocycles. The Bertz CT molecular complexity index is 510. The average Bonchev–Trinajstić information content (AvgIpc) is 2.31. The van der Waals surface area contributed by atoms with Crippen LogP contribution in [0.15, 0.2) is 42.6 Å². The summed E-state index contributed by atoms with van der Waals surface area (Å²) in [4.78, 5) is 4.20. The minimum atomic E-state index is 0.597. The standard InChI is InChI=1S/C13H10N2/c1-10-13(7-11(8-14)9-15-10)12-5-3-2-4-6-12/h2-7,9H,1H3. The molecule has 1 aromatic carbocycles. The molecule has 0 spiro atoms. The lowest BCUT2D eigenvalue weighted by molar-refractivity contribution is 1.19. The Morgan fingerprint density at radius 3 is 2.60 bits per heavy atom. The van der Waals surface area contributed by atoms with Crippen molar-refractivity contribution in [1.82, 2.24) is 4.98 Å². The molecule has 2 nitrogen and oxygen atoms in total. The van der Waals surface area contributed by atoms with Crippen LogP contribution in [0.2, 0.25) is 0 Å². The van der Waals surface area contributed by atoms with E-state index in [2.05, 4.69) is 11.1 Å². The maximum Gasteiger partial charge on any atom is 0.101 e. The molecule has 0 saturated carbocycles. The van der Waals surface area contributed by atoms with Crippen LogP contribution in [0, 0.1) is 18.3 Å². The second-order valence-corrected chi connectivity index (χ2v) is 3.33. The molecule has 0 unspecified atom stereocenters. The quantitative estimate of drug-likeness (QED) is 0.699. The van der Waals surface area contributed by atoms with Gasteiger partial charge in [0.05, 0.1) is 5.56 Å². The van der Waals surface area contributed by atoms with E-state index in [1.165, 1.54) is 0 Å². The van der Waals surface area contributed by atoms with E-state index in [0.29, 0.717) is 5.56 Å². The van der Waals surface area contributed by atoms with Crippen molar-refractivity contribution >= 4 is 0 Å². The van der Waals surface area contributed by atoms with Gasteiger partial charge in [0.25, 0.3) is 0 Å². The molecular formula is C13H10N2. The van der Waals surface area contributed by atoms with Crippen LogP contribution >= 0.6 is 0 Å². The first kappa shape index (κ1) is 9.42. The fourth-order valence-corrected chi connectivity index (χ4v) is 1.50. The number of rotatable bonds is 1. The predicted molar refractivity (Wildman–Crippen MR) is 59.1 cm³/mol. The van der Waals surface area contributed by atoms with Gasteiger partial charge in [0.15, 0.2) is 0 Å². The maximum atomic E-state index is 8.81. The SMILES string of the molecule is Cc1ncc(C#N)cc1-c1ccccc1. The summed E-state index contributed by atoms with van der Waals surface area (Å²) in [5.74, 6) is 0. The number of hydrogen-bond acceptors (Lipinski definition) is 2. The number of nitriles is 1. The molecule has 2 rings (SSSR count). The highest BCUT2D eigenvalue weighted by Gasteiger charge is 2.03. The van der Waals surface area contributed by atoms with E-state index < -0.39 is 0 Å². The van der Waals surface area contributed by atoms with Crippen LogP contribution < -0.4 is 0 Å². The zero-order valence-electron chi connectivity index (χ0n) is 8.44. The van der Waals surface area contributed by atoms with Gasteiger partial charge in [0, 0.05) is 17.5 Å². The molecule has 0 bridgehead atoms. The van der Waals surface area contributed by atoms with E-state index in [9.17, 15) is 0 Å². The minimum absolute atomic E-state index is 0.597.